The van der Waals surface area contributed by atoms with Crippen molar-refractivity contribution < 1.29 is 4.92 Å². The maximum absolute atomic E-state index is 10.3. The van der Waals surface area contributed by atoms with E-state index < -0.39 is 4.92 Å². The SMILES string of the molecule is NCCNCc1ccc([N+](=O)[O-])nc1. The Hall–Kier alpha value is -1.53. The molecule has 6 heteroatoms. The predicted octanol–water partition coefficient (Wildman–Crippen LogP) is 0.0381. The number of hydrogen-bond acceptors (Lipinski definition) is 5. The van der Waals surface area contributed by atoms with E-state index in [0.717, 1.165) is 12.1 Å². The van der Waals surface area contributed by atoms with Crippen LogP contribution in [0.1, 0.15) is 5.56 Å². The van der Waals surface area contributed by atoms with Crippen LogP contribution in [0, 0.1) is 10.1 Å². The molecule has 0 amide bonds. The van der Waals surface area contributed by atoms with Gasteiger partial charge in [0.1, 0.15) is 6.20 Å². The number of hydrogen-bond donors (Lipinski definition) is 2. The zero-order valence-electron chi connectivity index (χ0n) is 7.64. The van der Waals surface area contributed by atoms with Gasteiger partial charge in [-0.15, -0.1) is 0 Å². The van der Waals surface area contributed by atoms with Gasteiger partial charge in [0.2, 0.25) is 0 Å². The van der Waals surface area contributed by atoms with Gasteiger partial charge in [-0.2, -0.15) is 0 Å². The first-order chi connectivity index (χ1) is 6.74. The molecule has 0 radical (unpaired) electrons. The molecular formula is C8H12N4O2. The lowest BCUT2D eigenvalue weighted by Gasteiger charge is -2.00. The van der Waals surface area contributed by atoms with E-state index in [-0.39, 0.29) is 5.82 Å². The summed E-state index contributed by atoms with van der Waals surface area (Å²) in [6.07, 6.45) is 1.49. The fourth-order valence-corrected chi connectivity index (χ4v) is 0.964. The van der Waals surface area contributed by atoms with Crippen LogP contribution in [0.4, 0.5) is 5.82 Å². The Bertz CT molecular complexity index is 299. The third-order valence-electron chi connectivity index (χ3n) is 1.65. The molecule has 0 aliphatic heterocycles. The van der Waals surface area contributed by atoms with E-state index in [1.165, 1.54) is 12.3 Å². The van der Waals surface area contributed by atoms with E-state index in [1.54, 1.807) is 6.07 Å². The maximum atomic E-state index is 10.3. The summed E-state index contributed by atoms with van der Waals surface area (Å²) in [6.45, 7) is 1.92. The van der Waals surface area contributed by atoms with Gasteiger partial charge in [0, 0.05) is 31.3 Å². The first-order valence-electron chi connectivity index (χ1n) is 4.24. The van der Waals surface area contributed by atoms with Crippen LogP contribution in [0.25, 0.3) is 0 Å². The van der Waals surface area contributed by atoms with Crippen LogP contribution < -0.4 is 11.1 Å². The van der Waals surface area contributed by atoms with Gasteiger partial charge in [0.05, 0.1) is 0 Å². The summed E-state index contributed by atoms with van der Waals surface area (Å²) < 4.78 is 0. The molecule has 0 aliphatic rings. The van der Waals surface area contributed by atoms with Crippen molar-refractivity contribution in [1.82, 2.24) is 10.3 Å². The van der Waals surface area contributed by atoms with Crippen LogP contribution in [-0.2, 0) is 6.54 Å². The van der Waals surface area contributed by atoms with Crippen LogP contribution in [0.3, 0.4) is 0 Å². The number of nitrogens with two attached hydrogens (primary N) is 1. The number of pyridine rings is 1. The molecule has 0 unspecified atom stereocenters. The molecule has 1 aromatic heterocycles. The molecule has 0 aliphatic carbocycles. The first-order valence-corrected chi connectivity index (χ1v) is 4.24. The molecular weight excluding hydrogens is 184 g/mol. The fraction of sp³-hybridized carbons (Fsp3) is 0.375. The summed E-state index contributed by atoms with van der Waals surface area (Å²) in [4.78, 5) is 13.5. The third kappa shape index (κ3) is 3.08. The van der Waals surface area contributed by atoms with E-state index in [2.05, 4.69) is 10.3 Å². The predicted molar refractivity (Wildman–Crippen MR) is 51.7 cm³/mol. The van der Waals surface area contributed by atoms with E-state index in [9.17, 15) is 10.1 Å². The molecule has 6 nitrogen and oxygen atoms in total. The second kappa shape index (κ2) is 5.25. The van der Waals surface area contributed by atoms with Gasteiger partial charge in [-0.25, -0.2) is 0 Å². The lowest BCUT2D eigenvalue weighted by Crippen LogP contribution is -2.21. The van der Waals surface area contributed by atoms with E-state index >= 15 is 0 Å². The van der Waals surface area contributed by atoms with Gasteiger partial charge >= 0.3 is 5.82 Å². The lowest BCUT2D eigenvalue weighted by atomic mass is 10.3. The molecule has 0 bridgehead atoms. The van der Waals surface area contributed by atoms with E-state index in [4.69, 9.17) is 5.73 Å². The van der Waals surface area contributed by atoms with Gasteiger partial charge in [-0.1, -0.05) is 0 Å². The molecule has 0 saturated heterocycles. The van der Waals surface area contributed by atoms with Crippen molar-refractivity contribution in [3.8, 4) is 0 Å². The number of nitrogens with one attached hydrogen (secondary N) is 1. The fourth-order valence-electron chi connectivity index (χ4n) is 0.964. The average molecular weight is 196 g/mol. The molecule has 3 N–H and O–H groups in total. The van der Waals surface area contributed by atoms with Crippen molar-refractivity contribution in [3.05, 3.63) is 34.0 Å². The molecule has 76 valence electrons. The van der Waals surface area contributed by atoms with Crippen LogP contribution in [-0.4, -0.2) is 23.0 Å². The van der Waals surface area contributed by atoms with Crippen molar-refractivity contribution in [1.29, 1.82) is 0 Å². The summed E-state index contributed by atoms with van der Waals surface area (Å²) in [7, 11) is 0. The molecule has 0 aromatic carbocycles. The van der Waals surface area contributed by atoms with Gasteiger partial charge in [-0.3, -0.25) is 0 Å². The van der Waals surface area contributed by atoms with Crippen molar-refractivity contribution in [2.75, 3.05) is 13.1 Å². The van der Waals surface area contributed by atoms with Crippen molar-refractivity contribution in [2.24, 2.45) is 5.73 Å². The molecule has 0 saturated carbocycles. The van der Waals surface area contributed by atoms with Crippen LogP contribution in [0.2, 0.25) is 0 Å². The zero-order chi connectivity index (χ0) is 10.4. The van der Waals surface area contributed by atoms with Crippen LogP contribution in [0.15, 0.2) is 18.3 Å². The largest absolute Gasteiger partial charge is 0.363 e. The Balaban J connectivity index is 2.51. The molecule has 14 heavy (non-hydrogen) atoms. The van der Waals surface area contributed by atoms with Crippen molar-refractivity contribution in [2.45, 2.75) is 6.54 Å². The highest BCUT2D eigenvalue weighted by Crippen LogP contribution is 2.06. The zero-order valence-corrected chi connectivity index (χ0v) is 7.64. The Morgan fingerprint density at radius 2 is 2.36 bits per heavy atom. The van der Waals surface area contributed by atoms with Gasteiger partial charge in [0.25, 0.3) is 0 Å². The molecule has 0 spiro atoms. The second-order valence-electron chi connectivity index (χ2n) is 2.75. The summed E-state index contributed by atoms with van der Waals surface area (Å²) in [6, 6.07) is 3.06. The summed E-state index contributed by atoms with van der Waals surface area (Å²) in [5.41, 5.74) is 6.20. The molecule has 1 rings (SSSR count). The minimum absolute atomic E-state index is 0.132. The molecule has 1 aromatic rings. The maximum Gasteiger partial charge on any atom is 0.363 e. The second-order valence-corrected chi connectivity index (χ2v) is 2.75. The minimum atomic E-state index is -0.517. The topological polar surface area (TPSA) is 94.1 Å². The quantitative estimate of drug-likeness (QED) is 0.394. The molecule has 0 fully saturated rings. The Labute approximate surface area is 81.3 Å². The minimum Gasteiger partial charge on any atom is -0.358 e. The number of nitrogens with zero attached hydrogens (tertiary/aromatic N) is 2. The van der Waals surface area contributed by atoms with E-state index in [0.29, 0.717) is 13.1 Å². The average Bonchev–Trinajstić information content (AvgIpc) is 2.19. The Morgan fingerprint density at radius 1 is 1.57 bits per heavy atom. The Kier molecular flexibility index (Phi) is 3.96. The normalized spacial score (nSPS) is 10.1. The highest BCUT2D eigenvalue weighted by molar-refractivity contribution is 5.22. The number of rotatable bonds is 5. The summed E-state index contributed by atoms with van der Waals surface area (Å²) in [5, 5.41) is 13.3. The molecule has 0 atom stereocenters. The van der Waals surface area contributed by atoms with Crippen molar-refractivity contribution in [3.63, 3.8) is 0 Å². The van der Waals surface area contributed by atoms with E-state index in [1.807, 2.05) is 0 Å². The highest BCUT2D eigenvalue weighted by Gasteiger charge is 2.05. The number of nitro groups is 1. The highest BCUT2D eigenvalue weighted by atomic mass is 16.6. The Morgan fingerprint density at radius 3 is 2.86 bits per heavy atom. The molecule has 1 heterocycles. The van der Waals surface area contributed by atoms with Gasteiger partial charge in [-0.05, 0) is 16.0 Å². The monoisotopic (exact) mass is 196 g/mol. The van der Waals surface area contributed by atoms with Crippen molar-refractivity contribution >= 4 is 5.82 Å². The standard InChI is InChI=1S/C8H12N4O2/c9-3-4-10-5-7-1-2-8(11-6-7)12(13)14/h1-2,6,10H,3-5,9H2. The lowest BCUT2D eigenvalue weighted by molar-refractivity contribution is -0.389. The van der Waals surface area contributed by atoms with Gasteiger partial charge in [0.15, 0.2) is 0 Å². The van der Waals surface area contributed by atoms with Crippen LogP contribution >= 0.6 is 0 Å². The summed E-state index contributed by atoms with van der Waals surface area (Å²) in [5.74, 6) is -0.132. The smallest absolute Gasteiger partial charge is 0.358 e. The first kappa shape index (κ1) is 10.6. The van der Waals surface area contributed by atoms with Crippen LogP contribution in [0.5, 0.6) is 0 Å². The van der Waals surface area contributed by atoms with Gasteiger partial charge < -0.3 is 21.2 Å². The summed E-state index contributed by atoms with van der Waals surface area (Å²) >= 11 is 0. The third-order valence-corrected chi connectivity index (χ3v) is 1.65. The number of aromatic nitrogens is 1.